The SMILES string of the molecule is C.C.CCC[Si](C)(C)C. The molecule has 0 aromatic rings. The first-order valence-electron chi connectivity index (χ1n) is 3.06. The van der Waals surface area contributed by atoms with E-state index in [1.54, 1.807) is 0 Å². The van der Waals surface area contributed by atoms with Crippen LogP contribution in [0.1, 0.15) is 28.2 Å². The van der Waals surface area contributed by atoms with E-state index in [1.807, 2.05) is 0 Å². The standard InChI is InChI=1S/C6H16Si.2CH4/c1-5-6-7(2,3)4;;/h5-6H2,1-4H3;2*1H4. The van der Waals surface area contributed by atoms with Crippen LogP contribution in [0.3, 0.4) is 0 Å². The molecule has 0 amide bonds. The van der Waals surface area contributed by atoms with Gasteiger partial charge in [0.15, 0.2) is 0 Å². The lowest BCUT2D eigenvalue weighted by Crippen LogP contribution is -2.17. The lowest BCUT2D eigenvalue weighted by Gasteiger charge is -2.12. The minimum atomic E-state index is -0.657. The third kappa shape index (κ3) is 17.9. The highest BCUT2D eigenvalue weighted by atomic mass is 28.3. The fourth-order valence-electron chi connectivity index (χ4n) is 0.750. The minimum absolute atomic E-state index is 0. The molecule has 0 aliphatic heterocycles. The quantitative estimate of drug-likeness (QED) is 0.519. The molecule has 0 nitrogen and oxygen atoms in total. The van der Waals surface area contributed by atoms with E-state index in [-0.39, 0.29) is 14.9 Å². The molecule has 0 rings (SSSR count). The fraction of sp³-hybridized carbons (Fsp3) is 1.00. The molecular weight excluding hydrogens is 124 g/mol. The van der Waals surface area contributed by atoms with Gasteiger partial charge in [0.2, 0.25) is 0 Å². The Morgan fingerprint density at radius 1 is 1.00 bits per heavy atom. The van der Waals surface area contributed by atoms with Crippen molar-refractivity contribution in [2.24, 2.45) is 0 Å². The second-order valence-electron chi connectivity index (χ2n) is 3.31. The van der Waals surface area contributed by atoms with Crippen LogP contribution in [-0.4, -0.2) is 8.07 Å². The van der Waals surface area contributed by atoms with Crippen LogP contribution in [0.2, 0.25) is 25.7 Å². The number of hydrogen-bond acceptors (Lipinski definition) is 0. The summed E-state index contributed by atoms with van der Waals surface area (Å²) >= 11 is 0. The molecule has 0 spiro atoms. The predicted molar refractivity (Wildman–Crippen MR) is 51.9 cm³/mol. The molecule has 0 aliphatic rings. The van der Waals surface area contributed by atoms with E-state index in [9.17, 15) is 0 Å². The molecular formula is C8H24Si. The van der Waals surface area contributed by atoms with Crippen LogP contribution in [0.15, 0.2) is 0 Å². The molecule has 0 aliphatic carbocycles. The van der Waals surface area contributed by atoms with E-state index < -0.39 is 8.07 Å². The summed E-state index contributed by atoms with van der Waals surface area (Å²) in [5.74, 6) is 0. The van der Waals surface area contributed by atoms with Crippen LogP contribution in [-0.2, 0) is 0 Å². The van der Waals surface area contributed by atoms with Crippen LogP contribution < -0.4 is 0 Å². The van der Waals surface area contributed by atoms with Crippen LogP contribution in [0.4, 0.5) is 0 Å². The Balaban J connectivity index is -0.000000180. The van der Waals surface area contributed by atoms with E-state index in [1.165, 1.54) is 12.5 Å². The largest absolute Gasteiger partial charge is 0.0776 e. The van der Waals surface area contributed by atoms with Gasteiger partial charge in [-0.2, -0.15) is 0 Å². The van der Waals surface area contributed by atoms with Gasteiger partial charge in [-0.1, -0.05) is 53.9 Å². The molecule has 9 heavy (non-hydrogen) atoms. The van der Waals surface area contributed by atoms with Gasteiger partial charge in [0.25, 0.3) is 0 Å². The smallest absolute Gasteiger partial charge is 0.0442 e. The number of hydrogen-bond donors (Lipinski definition) is 0. The third-order valence-corrected chi connectivity index (χ3v) is 3.00. The zero-order chi connectivity index (χ0) is 5.91. The van der Waals surface area contributed by atoms with Crippen molar-refractivity contribution >= 4 is 8.07 Å². The Kier molecular flexibility index (Phi) is 11.3. The van der Waals surface area contributed by atoms with Gasteiger partial charge in [-0.05, 0) is 0 Å². The van der Waals surface area contributed by atoms with Gasteiger partial charge < -0.3 is 0 Å². The maximum atomic E-state index is 2.41. The van der Waals surface area contributed by atoms with Gasteiger partial charge in [-0.3, -0.25) is 0 Å². The number of rotatable bonds is 2. The van der Waals surface area contributed by atoms with Gasteiger partial charge >= 0.3 is 0 Å². The summed E-state index contributed by atoms with van der Waals surface area (Å²) in [5, 5.41) is 0. The van der Waals surface area contributed by atoms with Crippen LogP contribution >= 0.6 is 0 Å². The van der Waals surface area contributed by atoms with Crippen LogP contribution in [0.25, 0.3) is 0 Å². The van der Waals surface area contributed by atoms with Crippen molar-refractivity contribution in [3.63, 3.8) is 0 Å². The Labute approximate surface area is 62.7 Å². The zero-order valence-electron chi connectivity index (χ0n) is 5.91. The summed E-state index contributed by atoms with van der Waals surface area (Å²) in [5.41, 5.74) is 0. The van der Waals surface area contributed by atoms with Gasteiger partial charge in [0.1, 0.15) is 0 Å². The average molecular weight is 148 g/mol. The monoisotopic (exact) mass is 148 g/mol. The molecule has 0 saturated heterocycles. The van der Waals surface area contributed by atoms with Crippen LogP contribution in [0.5, 0.6) is 0 Å². The Morgan fingerprint density at radius 2 is 1.33 bits per heavy atom. The van der Waals surface area contributed by atoms with Crippen LogP contribution in [0, 0.1) is 0 Å². The molecule has 1 heteroatoms. The van der Waals surface area contributed by atoms with Gasteiger partial charge in [-0.25, -0.2) is 0 Å². The lowest BCUT2D eigenvalue weighted by atomic mass is 10.6. The highest BCUT2D eigenvalue weighted by molar-refractivity contribution is 6.76. The molecule has 0 radical (unpaired) electrons. The van der Waals surface area contributed by atoms with E-state index in [2.05, 4.69) is 26.6 Å². The molecule has 0 fully saturated rings. The topological polar surface area (TPSA) is 0 Å². The normalized spacial score (nSPS) is 9.33. The first-order valence-corrected chi connectivity index (χ1v) is 6.77. The molecule has 0 N–H and O–H groups in total. The van der Waals surface area contributed by atoms with Crippen molar-refractivity contribution in [2.75, 3.05) is 0 Å². The highest BCUT2D eigenvalue weighted by Gasteiger charge is 2.09. The summed E-state index contributed by atoms with van der Waals surface area (Å²) in [4.78, 5) is 0. The van der Waals surface area contributed by atoms with Crippen molar-refractivity contribution in [3.8, 4) is 0 Å². The molecule has 0 heterocycles. The van der Waals surface area contributed by atoms with E-state index in [4.69, 9.17) is 0 Å². The van der Waals surface area contributed by atoms with Crippen molar-refractivity contribution in [2.45, 2.75) is 53.9 Å². The maximum Gasteiger partial charge on any atom is 0.0442 e. The first kappa shape index (κ1) is 16.1. The van der Waals surface area contributed by atoms with Crippen molar-refractivity contribution in [1.29, 1.82) is 0 Å². The summed E-state index contributed by atoms with van der Waals surface area (Å²) in [6.07, 6.45) is 1.37. The predicted octanol–water partition coefficient (Wildman–Crippen LogP) is 4.01. The van der Waals surface area contributed by atoms with E-state index in [0.717, 1.165) is 0 Å². The molecule has 0 aromatic heterocycles. The Morgan fingerprint density at radius 3 is 1.33 bits per heavy atom. The molecule has 0 atom stereocenters. The zero-order valence-corrected chi connectivity index (χ0v) is 6.91. The van der Waals surface area contributed by atoms with Crippen molar-refractivity contribution in [1.82, 2.24) is 0 Å². The van der Waals surface area contributed by atoms with Crippen molar-refractivity contribution in [3.05, 3.63) is 0 Å². The lowest BCUT2D eigenvalue weighted by molar-refractivity contribution is 1.05. The van der Waals surface area contributed by atoms with Crippen molar-refractivity contribution < 1.29 is 0 Å². The molecule has 0 bridgehead atoms. The van der Waals surface area contributed by atoms with E-state index in [0.29, 0.717) is 0 Å². The molecule has 0 aromatic carbocycles. The van der Waals surface area contributed by atoms with Gasteiger partial charge in [0, 0.05) is 8.07 Å². The van der Waals surface area contributed by atoms with E-state index >= 15 is 0 Å². The van der Waals surface area contributed by atoms with Gasteiger partial charge in [-0.15, -0.1) is 0 Å². The first-order chi connectivity index (χ1) is 3.06. The fourth-order valence-corrected chi connectivity index (χ4v) is 2.25. The van der Waals surface area contributed by atoms with Gasteiger partial charge in [0.05, 0.1) is 0 Å². The summed E-state index contributed by atoms with van der Waals surface area (Å²) in [6, 6.07) is 1.48. The molecule has 0 unspecified atom stereocenters. The Hall–Kier alpha value is 0.217. The summed E-state index contributed by atoms with van der Waals surface area (Å²) in [7, 11) is -0.657. The summed E-state index contributed by atoms with van der Waals surface area (Å²) < 4.78 is 0. The third-order valence-electron chi connectivity index (χ3n) is 1.000. The maximum absolute atomic E-state index is 2.41. The second kappa shape index (κ2) is 6.34. The molecule has 0 saturated carbocycles. The summed E-state index contributed by atoms with van der Waals surface area (Å²) in [6.45, 7) is 9.50. The second-order valence-corrected chi connectivity index (χ2v) is 8.93. The molecule has 60 valence electrons. The minimum Gasteiger partial charge on any atom is -0.0776 e. The highest BCUT2D eigenvalue weighted by Crippen LogP contribution is 2.09. The average Bonchev–Trinajstić information content (AvgIpc) is 1.30. The Bertz CT molecular complexity index is 43.0.